The van der Waals surface area contributed by atoms with E-state index in [9.17, 15) is 0 Å². The predicted octanol–water partition coefficient (Wildman–Crippen LogP) is 1.36. The molecule has 0 saturated carbocycles. The molecule has 0 amide bonds. The molecular weight excluding hydrogens is 252 g/mol. The third-order valence-electron chi connectivity index (χ3n) is 3.91. The summed E-state index contributed by atoms with van der Waals surface area (Å²) in [5.41, 5.74) is 7.44. The molecule has 20 heavy (non-hydrogen) atoms. The minimum atomic E-state index is 0.415. The Balaban J connectivity index is 1.78. The number of anilines is 1. The first-order valence-electron chi connectivity index (χ1n) is 7.09. The van der Waals surface area contributed by atoms with Crippen LogP contribution in [0.1, 0.15) is 25.5 Å². The fourth-order valence-corrected chi connectivity index (χ4v) is 2.54. The molecular formula is C14H20N6. The van der Waals surface area contributed by atoms with E-state index in [-0.39, 0.29) is 0 Å². The third kappa shape index (κ3) is 2.51. The standard InChI is InChI=1S/C14H20N6/c1-11-4-6-19(7-5-11)14-3-2-12(9-16-14)20-13(8-15)10-17-18-20/h2-3,9-11H,4-8,15H2,1H3. The maximum atomic E-state index is 5.66. The molecule has 2 aromatic heterocycles. The van der Waals surface area contributed by atoms with Gasteiger partial charge in [0.1, 0.15) is 5.82 Å². The first kappa shape index (κ1) is 13.1. The third-order valence-corrected chi connectivity index (χ3v) is 3.91. The van der Waals surface area contributed by atoms with Crippen LogP contribution in [0.15, 0.2) is 24.5 Å². The lowest BCUT2D eigenvalue weighted by Gasteiger charge is -2.31. The van der Waals surface area contributed by atoms with Gasteiger partial charge in [-0.15, -0.1) is 5.10 Å². The lowest BCUT2D eigenvalue weighted by atomic mass is 9.99. The van der Waals surface area contributed by atoms with Crippen molar-refractivity contribution < 1.29 is 0 Å². The van der Waals surface area contributed by atoms with Gasteiger partial charge in [-0.05, 0) is 30.9 Å². The van der Waals surface area contributed by atoms with Gasteiger partial charge in [0.25, 0.3) is 0 Å². The predicted molar refractivity (Wildman–Crippen MR) is 77.7 cm³/mol. The Morgan fingerprint density at radius 2 is 2.05 bits per heavy atom. The van der Waals surface area contributed by atoms with Crippen LogP contribution in [0, 0.1) is 5.92 Å². The topological polar surface area (TPSA) is 72.9 Å². The van der Waals surface area contributed by atoms with Crippen LogP contribution in [0.3, 0.4) is 0 Å². The molecule has 0 unspecified atom stereocenters. The van der Waals surface area contributed by atoms with Crippen molar-refractivity contribution in [3.05, 3.63) is 30.2 Å². The summed E-state index contributed by atoms with van der Waals surface area (Å²) >= 11 is 0. The van der Waals surface area contributed by atoms with Gasteiger partial charge in [0.05, 0.1) is 23.8 Å². The number of nitrogens with two attached hydrogens (primary N) is 1. The van der Waals surface area contributed by atoms with Gasteiger partial charge < -0.3 is 10.6 Å². The molecule has 0 spiro atoms. The van der Waals surface area contributed by atoms with Crippen LogP contribution in [0.5, 0.6) is 0 Å². The number of aromatic nitrogens is 4. The van der Waals surface area contributed by atoms with E-state index >= 15 is 0 Å². The molecule has 1 fully saturated rings. The number of nitrogens with zero attached hydrogens (tertiary/aromatic N) is 5. The Labute approximate surface area is 118 Å². The summed E-state index contributed by atoms with van der Waals surface area (Å²) in [5, 5.41) is 7.93. The summed E-state index contributed by atoms with van der Waals surface area (Å²) in [6.45, 7) is 4.90. The highest BCUT2D eigenvalue weighted by Gasteiger charge is 2.17. The van der Waals surface area contributed by atoms with Crippen molar-refractivity contribution in [2.75, 3.05) is 18.0 Å². The van der Waals surface area contributed by atoms with E-state index in [0.717, 1.165) is 36.2 Å². The molecule has 1 saturated heterocycles. The highest BCUT2D eigenvalue weighted by Crippen LogP contribution is 2.21. The van der Waals surface area contributed by atoms with Crippen molar-refractivity contribution in [3.63, 3.8) is 0 Å². The molecule has 3 rings (SSSR count). The van der Waals surface area contributed by atoms with Crippen molar-refractivity contribution in [2.45, 2.75) is 26.3 Å². The minimum Gasteiger partial charge on any atom is -0.357 e. The lowest BCUT2D eigenvalue weighted by Crippen LogP contribution is -2.33. The molecule has 0 bridgehead atoms. The quantitative estimate of drug-likeness (QED) is 0.913. The van der Waals surface area contributed by atoms with Crippen LogP contribution in [-0.2, 0) is 6.54 Å². The summed E-state index contributed by atoms with van der Waals surface area (Å²) < 4.78 is 1.73. The molecule has 2 aromatic rings. The number of pyridine rings is 1. The molecule has 0 radical (unpaired) electrons. The second-order valence-corrected chi connectivity index (χ2v) is 5.39. The molecule has 0 atom stereocenters. The van der Waals surface area contributed by atoms with Crippen LogP contribution < -0.4 is 10.6 Å². The van der Waals surface area contributed by atoms with Gasteiger partial charge in [-0.1, -0.05) is 12.1 Å². The largest absolute Gasteiger partial charge is 0.357 e. The van der Waals surface area contributed by atoms with E-state index in [0.29, 0.717) is 6.54 Å². The Morgan fingerprint density at radius 3 is 2.70 bits per heavy atom. The van der Waals surface area contributed by atoms with Gasteiger partial charge >= 0.3 is 0 Å². The fraction of sp³-hybridized carbons (Fsp3) is 0.500. The van der Waals surface area contributed by atoms with Crippen molar-refractivity contribution in [1.82, 2.24) is 20.0 Å². The average Bonchev–Trinajstić information content (AvgIpc) is 2.97. The Kier molecular flexibility index (Phi) is 3.64. The van der Waals surface area contributed by atoms with Crippen LogP contribution in [0.4, 0.5) is 5.82 Å². The van der Waals surface area contributed by atoms with Crippen molar-refractivity contribution in [2.24, 2.45) is 11.7 Å². The summed E-state index contributed by atoms with van der Waals surface area (Å²) in [4.78, 5) is 6.90. The zero-order valence-corrected chi connectivity index (χ0v) is 11.7. The molecule has 1 aliphatic heterocycles. The van der Waals surface area contributed by atoms with Crippen molar-refractivity contribution >= 4 is 5.82 Å². The second-order valence-electron chi connectivity index (χ2n) is 5.39. The average molecular weight is 272 g/mol. The van der Waals surface area contributed by atoms with E-state index in [1.165, 1.54) is 12.8 Å². The first-order valence-corrected chi connectivity index (χ1v) is 7.09. The molecule has 3 heterocycles. The summed E-state index contributed by atoms with van der Waals surface area (Å²) in [7, 11) is 0. The number of hydrogen-bond donors (Lipinski definition) is 1. The molecule has 0 aromatic carbocycles. The van der Waals surface area contributed by atoms with Crippen LogP contribution in [0.2, 0.25) is 0 Å². The summed E-state index contributed by atoms with van der Waals surface area (Å²) in [6.07, 6.45) is 5.99. The van der Waals surface area contributed by atoms with Gasteiger partial charge in [0.2, 0.25) is 0 Å². The van der Waals surface area contributed by atoms with E-state index in [4.69, 9.17) is 5.73 Å². The molecule has 6 heteroatoms. The Hall–Kier alpha value is -1.95. The smallest absolute Gasteiger partial charge is 0.128 e. The molecule has 6 nitrogen and oxygen atoms in total. The van der Waals surface area contributed by atoms with Gasteiger partial charge in [0.15, 0.2) is 0 Å². The maximum Gasteiger partial charge on any atom is 0.128 e. The Morgan fingerprint density at radius 1 is 1.25 bits per heavy atom. The van der Waals surface area contributed by atoms with Gasteiger partial charge in [-0.25, -0.2) is 9.67 Å². The SMILES string of the molecule is CC1CCN(c2ccc(-n3nncc3CN)cn2)CC1. The number of hydrogen-bond acceptors (Lipinski definition) is 5. The summed E-state index contributed by atoms with van der Waals surface area (Å²) in [5.74, 6) is 1.86. The zero-order valence-electron chi connectivity index (χ0n) is 11.7. The second kappa shape index (κ2) is 5.58. The zero-order chi connectivity index (χ0) is 13.9. The monoisotopic (exact) mass is 272 g/mol. The minimum absolute atomic E-state index is 0.415. The van der Waals surface area contributed by atoms with E-state index in [1.54, 1.807) is 10.9 Å². The van der Waals surface area contributed by atoms with Gasteiger partial charge in [-0.2, -0.15) is 0 Å². The van der Waals surface area contributed by atoms with Gasteiger partial charge in [-0.3, -0.25) is 0 Å². The van der Waals surface area contributed by atoms with Crippen LogP contribution in [0.25, 0.3) is 5.69 Å². The highest BCUT2D eigenvalue weighted by molar-refractivity contribution is 5.43. The highest BCUT2D eigenvalue weighted by atomic mass is 15.4. The molecule has 1 aliphatic rings. The van der Waals surface area contributed by atoms with Gasteiger partial charge in [0, 0.05) is 19.6 Å². The lowest BCUT2D eigenvalue weighted by molar-refractivity contribution is 0.436. The first-order chi connectivity index (χ1) is 9.78. The molecule has 2 N–H and O–H groups in total. The van der Waals surface area contributed by atoms with Crippen molar-refractivity contribution in [1.29, 1.82) is 0 Å². The summed E-state index contributed by atoms with van der Waals surface area (Å²) in [6, 6.07) is 4.07. The van der Waals surface area contributed by atoms with Crippen LogP contribution in [-0.4, -0.2) is 33.1 Å². The van der Waals surface area contributed by atoms with Crippen molar-refractivity contribution in [3.8, 4) is 5.69 Å². The number of rotatable bonds is 3. The number of piperidine rings is 1. The van der Waals surface area contributed by atoms with E-state index < -0.39 is 0 Å². The Bertz CT molecular complexity index is 553. The normalized spacial score (nSPS) is 16.6. The molecule has 106 valence electrons. The van der Waals surface area contributed by atoms with E-state index in [1.807, 2.05) is 18.3 Å². The fourth-order valence-electron chi connectivity index (χ4n) is 2.54. The maximum absolute atomic E-state index is 5.66. The van der Waals surface area contributed by atoms with Crippen LogP contribution >= 0.6 is 0 Å². The van der Waals surface area contributed by atoms with E-state index in [2.05, 4.69) is 27.1 Å². The molecule has 0 aliphatic carbocycles.